The number of hydrogen-bond acceptors (Lipinski definition) is 5. The summed E-state index contributed by atoms with van der Waals surface area (Å²) in [6, 6.07) is 13.5. The van der Waals surface area contributed by atoms with Crippen molar-refractivity contribution in [2.24, 2.45) is 0 Å². The maximum atomic E-state index is 13.1. The minimum Gasteiger partial charge on any atom is -0.482 e. The van der Waals surface area contributed by atoms with Gasteiger partial charge in [0.25, 0.3) is 17.7 Å². The number of amides is 5. The molecule has 0 aromatic heterocycles. The second-order valence-corrected chi connectivity index (χ2v) is 9.62. The van der Waals surface area contributed by atoms with Gasteiger partial charge in [0.2, 0.25) is 0 Å². The van der Waals surface area contributed by atoms with Crippen molar-refractivity contribution in [1.82, 2.24) is 5.32 Å². The molecule has 0 spiro atoms. The lowest BCUT2D eigenvalue weighted by Crippen LogP contribution is -2.54. The topological polar surface area (TPSA) is 105 Å². The molecule has 1 aliphatic rings. The molecule has 194 valence electrons. The Morgan fingerprint density at radius 1 is 0.947 bits per heavy atom. The van der Waals surface area contributed by atoms with Crippen LogP contribution in [-0.4, -0.2) is 30.4 Å². The number of rotatable bonds is 6. The maximum absolute atomic E-state index is 13.1. The summed E-state index contributed by atoms with van der Waals surface area (Å²) >= 11 is 18.3. The molecule has 0 radical (unpaired) electrons. The highest BCUT2D eigenvalue weighted by Gasteiger charge is 2.37. The first-order valence-corrected chi connectivity index (χ1v) is 12.3. The number of nitrogens with zero attached hydrogens (tertiary/aromatic N) is 1. The normalized spacial score (nSPS) is 14.5. The monoisotopic (exact) mass is 571 g/mol. The number of carbonyl (C=O) groups is 4. The summed E-state index contributed by atoms with van der Waals surface area (Å²) in [7, 11) is 0. The van der Waals surface area contributed by atoms with E-state index in [1.54, 1.807) is 6.07 Å². The zero-order valence-corrected chi connectivity index (χ0v) is 22.4. The van der Waals surface area contributed by atoms with E-state index in [0.29, 0.717) is 11.3 Å². The third kappa shape index (κ3) is 5.99. The molecule has 1 saturated heterocycles. The van der Waals surface area contributed by atoms with E-state index in [1.165, 1.54) is 36.4 Å². The van der Waals surface area contributed by atoms with Crippen molar-refractivity contribution in [3.63, 3.8) is 0 Å². The zero-order valence-electron chi connectivity index (χ0n) is 20.1. The van der Waals surface area contributed by atoms with Crippen LogP contribution in [0, 0.1) is 13.8 Å². The lowest BCUT2D eigenvalue weighted by molar-refractivity contribution is -0.122. The van der Waals surface area contributed by atoms with Gasteiger partial charge in [-0.3, -0.25) is 19.7 Å². The smallest absolute Gasteiger partial charge is 0.335 e. The van der Waals surface area contributed by atoms with Crippen LogP contribution in [0.15, 0.2) is 60.2 Å². The van der Waals surface area contributed by atoms with Crippen LogP contribution in [0.3, 0.4) is 0 Å². The van der Waals surface area contributed by atoms with E-state index in [9.17, 15) is 19.2 Å². The lowest BCUT2D eigenvalue weighted by Gasteiger charge is -2.26. The summed E-state index contributed by atoms with van der Waals surface area (Å²) in [6.07, 6.45) is 1.29. The van der Waals surface area contributed by atoms with Crippen molar-refractivity contribution < 1.29 is 23.9 Å². The Morgan fingerprint density at radius 2 is 1.71 bits per heavy atom. The van der Waals surface area contributed by atoms with Crippen molar-refractivity contribution in [2.75, 3.05) is 16.8 Å². The average Bonchev–Trinajstić information content (AvgIpc) is 2.85. The van der Waals surface area contributed by atoms with E-state index in [-0.39, 0.29) is 44.6 Å². The molecule has 0 bridgehead atoms. The van der Waals surface area contributed by atoms with Crippen LogP contribution in [-0.2, 0) is 14.4 Å². The summed E-state index contributed by atoms with van der Waals surface area (Å²) in [6.45, 7) is 3.53. The number of aryl methyl sites for hydroxylation is 2. The Kier molecular flexibility index (Phi) is 8.06. The van der Waals surface area contributed by atoms with E-state index in [0.717, 1.165) is 16.0 Å². The van der Waals surface area contributed by atoms with Gasteiger partial charge >= 0.3 is 6.03 Å². The molecule has 3 aromatic carbocycles. The number of urea groups is 1. The number of hydrogen-bond donors (Lipinski definition) is 2. The first-order valence-electron chi connectivity index (χ1n) is 11.2. The number of imide groups is 2. The minimum atomic E-state index is -0.920. The molecule has 0 saturated carbocycles. The molecule has 1 heterocycles. The average molecular weight is 573 g/mol. The summed E-state index contributed by atoms with van der Waals surface area (Å²) < 4.78 is 5.55. The van der Waals surface area contributed by atoms with Crippen LogP contribution in [0.5, 0.6) is 5.75 Å². The largest absolute Gasteiger partial charge is 0.482 e. The molecule has 11 heteroatoms. The molecular formula is C27H20Cl3N3O5. The number of anilines is 2. The molecule has 8 nitrogen and oxygen atoms in total. The van der Waals surface area contributed by atoms with Crippen LogP contribution in [0.4, 0.5) is 16.2 Å². The zero-order chi connectivity index (χ0) is 27.6. The molecule has 38 heavy (non-hydrogen) atoms. The Morgan fingerprint density at radius 3 is 2.42 bits per heavy atom. The Bertz CT molecular complexity index is 1520. The Hall–Kier alpha value is -3.85. The third-order valence-corrected chi connectivity index (χ3v) is 6.59. The molecule has 0 aliphatic carbocycles. The standard InChI is InChI=1S/C27H20Cl3N3O5/c1-14-3-4-15(2)22(9-14)31-24(34)13-38-23-8-5-16(11-21(23)30)10-18-25(35)32-27(37)33(26(18)36)17-6-7-19(28)20(29)12-17/h3-12H,13H2,1-2H3,(H,31,34)(H,32,35,37)/b18-10-. The van der Waals surface area contributed by atoms with Gasteiger partial charge in [0.1, 0.15) is 11.3 Å². The van der Waals surface area contributed by atoms with Gasteiger partial charge in [0, 0.05) is 5.69 Å². The second kappa shape index (κ2) is 11.3. The molecule has 0 unspecified atom stereocenters. The number of benzene rings is 3. The van der Waals surface area contributed by atoms with Gasteiger partial charge < -0.3 is 10.1 Å². The van der Waals surface area contributed by atoms with Gasteiger partial charge in [0.15, 0.2) is 6.61 Å². The van der Waals surface area contributed by atoms with Crippen molar-refractivity contribution in [2.45, 2.75) is 13.8 Å². The molecule has 4 rings (SSSR count). The summed E-state index contributed by atoms with van der Waals surface area (Å²) in [5, 5.41) is 5.46. The van der Waals surface area contributed by atoms with E-state index in [4.69, 9.17) is 39.5 Å². The van der Waals surface area contributed by atoms with Gasteiger partial charge in [-0.2, -0.15) is 0 Å². The van der Waals surface area contributed by atoms with E-state index >= 15 is 0 Å². The van der Waals surface area contributed by atoms with Crippen LogP contribution in [0.2, 0.25) is 15.1 Å². The summed E-state index contributed by atoms with van der Waals surface area (Å²) in [4.78, 5) is 51.0. The first-order chi connectivity index (χ1) is 18.0. The number of halogens is 3. The Labute approximate surface area is 233 Å². The molecular weight excluding hydrogens is 553 g/mol. The number of carbonyl (C=O) groups excluding carboxylic acids is 4. The number of ether oxygens (including phenoxy) is 1. The Balaban J connectivity index is 1.49. The first kappa shape index (κ1) is 27.2. The fraction of sp³-hybridized carbons (Fsp3) is 0.111. The van der Waals surface area contributed by atoms with Crippen molar-refractivity contribution in [1.29, 1.82) is 0 Å². The van der Waals surface area contributed by atoms with Crippen molar-refractivity contribution in [3.8, 4) is 5.75 Å². The molecule has 3 aromatic rings. The lowest BCUT2D eigenvalue weighted by atomic mass is 10.1. The highest BCUT2D eigenvalue weighted by atomic mass is 35.5. The van der Waals surface area contributed by atoms with Gasteiger partial charge in [-0.1, -0.05) is 53.0 Å². The molecule has 5 amide bonds. The quantitative estimate of drug-likeness (QED) is 0.281. The van der Waals surface area contributed by atoms with Crippen LogP contribution in [0.1, 0.15) is 16.7 Å². The number of nitrogens with one attached hydrogen (secondary N) is 2. The summed E-state index contributed by atoms with van der Waals surface area (Å²) in [5.41, 5.74) is 2.85. The van der Waals surface area contributed by atoms with Crippen molar-refractivity contribution >= 4 is 76.0 Å². The molecule has 2 N–H and O–H groups in total. The molecule has 1 fully saturated rings. The van der Waals surface area contributed by atoms with E-state index in [1.807, 2.05) is 32.0 Å². The summed E-state index contributed by atoms with van der Waals surface area (Å²) in [5.74, 6) is -1.85. The predicted octanol–water partition coefficient (Wildman–Crippen LogP) is 5.95. The van der Waals surface area contributed by atoms with Gasteiger partial charge in [-0.05, 0) is 73.0 Å². The second-order valence-electron chi connectivity index (χ2n) is 8.40. The van der Waals surface area contributed by atoms with Crippen LogP contribution >= 0.6 is 34.8 Å². The minimum absolute atomic E-state index is 0.136. The fourth-order valence-electron chi connectivity index (χ4n) is 3.61. The molecule has 1 aliphatic heterocycles. The highest BCUT2D eigenvalue weighted by Crippen LogP contribution is 2.31. The highest BCUT2D eigenvalue weighted by molar-refractivity contribution is 6.43. The number of barbiturate groups is 1. The molecule has 0 atom stereocenters. The van der Waals surface area contributed by atoms with Crippen LogP contribution < -0.4 is 20.3 Å². The van der Waals surface area contributed by atoms with E-state index in [2.05, 4.69) is 10.6 Å². The van der Waals surface area contributed by atoms with Gasteiger partial charge in [0.05, 0.1) is 20.8 Å². The fourth-order valence-corrected chi connectivity index (χ4v) is 4.14. The maximum Gasteiger partial charge on any atom is 0.335 e. The van der Waals surface area contributed by atoms with Gasteiger partial charge in [-0.15, -0.1) is 0 Å². The predicted molar refractivity (Wildman–Crippen MR) is 147 cm³/mol. The van der Waals surface area contributed by atoms with Crippen molar-refractivity contribution in [3.05, 3.63) is 91.9 Å². The SMILES string of the molecule is Cc1ccc(C)c(NC(=O)COc2ccc(/C=C3/C(=O)NC(=O)N(c4ccc(Cl)c(Cl)c4)C3=O)cc2Cl)c1. The van der Waals surface area contributed by atoms with Gasteiger partial charge in [-0.25, -0.2) is 9.69 Å². The van der Waals surface area contributed by atoms with Crippen LogP contribution in [0.25, 0.3) is 6.08 Å². The third-order valence-electron chi connectivity index (χ3n) is 5.56. The van der Waals surface area contributed by atoms with E-state index < -0.39 is 17.8 Å².